The predicted molar refractivity (Wildman–Crippen MR) is 86.7 cm³/mol. The van der Waals surface area contributed by atoms with Crippen LogP contribution in [-0.2, 0) is 4.74 Å². The van der Waals surface area contributed by atoms with Crippen LogP contribution < -0.4 is 5.32 Å². The first-order chi connectivity index (χ1) is 9.85. The van der Waals surface area contributed by atoms with Crippen LogP contribution in [0.25, 0.3) is 0 Å². The molecule has 0 aliphatic heterocycles. The van der Waals surface area contributed by atoms with E-state index in [4.69, 9.17) is 4.74 Å². The maximum atomic E-state index is 11.8. The molecule has 0 amide bonds. The van der Waals surface area contributed by atoms with Gasteiger partial charge in [0.2, 0.25) is 0 Å². The van der Waals surface area contributed by atoms with Crippen molar-refractivity contribution in [2.75, 3.05) is 5.32 Å². The van der Waals surface area contributed by atoms with Gasteiger partial charge in [-0.25, -0.2) is 4.79 Å². The van der Waals surface area contributed by atoms with E-state index in [0.717, 1.165) is 5.69 Å². The molecule has 21 heavy (non-hydrogen) atoms. The Morgan fingerprint density at radius 2 is 1.95 bits per heavy atom. The molecular weight excluding hydrogens is 262 g/mol. The first-order valence-corrected chi connectivity index (χ1v) is 7.93. The van der Waals surface area contributed by atoms with Crippen LogP contribution in [0.1, 0.15) is 63.7 Å². The molecule has 3 nitrogen and oxygen atoms in total. The molecule has 1 saturated carbocycles. The van der Waals surface area contributed by atoms with Crippen LogP contribution in [-0.4, -0.2) is 18.1 Å². The van der Waals surface area contributed by atoms with E-state index >= 15 is 0 Å². The highest BCUT2D eigenvalue weighted by atomic mass is 16.5. The van der Waals surface area contributed by atoms with Crippen LogP contribution in [0.5, 0.6) is 0 Å². The van der Waals surface area contributed by atoms with E-state index in [2.05, 4.69) is 19.2 Å². The summed E-state index contributed by atoms with van der Waals surface area (Å²) in [7, 11) is 0. The van der Waals surface area contributed by atoms with Crippen molar-refractivity contribution >= 4 is 11.7 Å². The molecule has 2 rings (SSSR count). The number of hydrogen-bond donors (Lipinski definition) is 1. The quantitative estimate of drug-likeness (QED) is 0.821. The van der Waals surface area contributed by atoms with Gasteiger partial charge >= 0.3 is 5.97 Å². The zero-order valence-corrected chi connectivity index (χ0v) is 13.6. The Kier molecular flexibility index (Phi) is 4.92. The largest absolute Gasteiger partial charge is 0.459 e. The summed E-state index contributed by atoms with van der Waals surface area (Å²) in [6.07, 6.45) is 4.93. The molecule has 1 unspecified atom stereocenters. The third-order valence-electron chi connectivity index (χ3n) is 4.04. The number of nitrogens with one attached hydrogen (secondary N) is 1. The highest BCUT2D eigenvalue weighted by Crippen LogP contribution is 2.36. The summed E-state index contributed by atoms with van der Waals surface area (Å²) in [5.41, 5.74) is 2.12. The van der Waals surface area contributed by atoms with E-state index in [0.29, 0.717) is 17.0 Å². The van der Waals surface area contributed by atoms with Gasteiger partial charge in [0.1, 0.15) is 0 Å². The van der Waals surface area contributed by atoms with Crippen molar-refractivity contribution in [3.8, 4) is 0 Å². The highest BCUT2D eigenvalue weighted by molar-refractivity contribution is 5.89. The lowest BCUT2D eigenvalue weighted by Crippen LogP contribution is -2.31. The van der Waals surface area contributed by atoms with Gasteiger partial charge in [-0.2, -0.15) is 0 Å². The Bertz CT molecular complexity index is 476. The molecule has 1 aliphatic rings. The summed E-state index contributed by atoms with van der Waals surface area (Å²) in [5.74, 6) is -0.254. The number of esters is 1. The predicted octanol–water partition coefficient (Wildman–Crippen LogP) is 4.63. The minimum absolute atomic E-state index is 0.0835. The fourth-order valence-electron chi connectivity index (χ4n) is 3.04. The van der Waals surface area contributed by atoms with Gasteiger partial charge in [0.15, 0.2) is 0 Å². The van der Waals surface area contributed by atoms with Crippen LogP contribution in [0, 0.1) is 5.41 Å². The van der Waals surface area contributed by atoms with E-state index in [1.165, 1.54) is 25.7 Å². The summed E-state index contributed by atoms with van der Waals surface area (Å²) in [5, 5.41) is 3.59. The smallest absolute Gasteiger partial charge is 0.338 e. The molecule has 0 radical (unpaired) electrons. The van der Waals surface area contributed by atoms with Gasteiger partial charge in [-0.3, -0.25) is 0 Å². The first kappa shape index (κ1) is 15.9. The summed E-state index contributed by atoms with van der Waals surface area (Å²) in [4.78, 5) is 11.8. The monoisotopic (exact) mass is 289 g/mol. The third-order valence-corrected chi connectivity index (χ3v) is 4.04. The minimum Gasteiger partial charge on any atom is -0.459 e. The Hall–Kier alpha value is -1.51. The minimum atomic E-state index is -0.254. The van der Waals surface area contributed by atoms with Gasteiger partial charge in [-0.1, -0.05) is 20.3 Å². The van der Waals surface area contributed by atoms with Crippen LogP contribution >= 0.6 is 0 Å². The van der Waals surface area contributed by atoms with E-state index in [-0.39, 0.29) is 12.1 Å². The molecule has 1 atom stereocenters. The molecule has 0 spiro atoms. The zero-order chi connectivity index (χ0) is 15.5. The Morgan fingerprint density at radius 1 is 1.29 bits per heavy atom. The van der Waals surface area contributed by atoms with Crippen molar-refractivity contribution in [2.45, 2.75) is 65.5 Å². The Morgan fingerprint density at radius 3 is 2.52 bits per heavy atom. The van der Waals surface area contributed by atoms with E-state index < -0.39 is 0 Å². The maximum Gasteiger partial charge on any atom is 0.338 e. The number of hydrogen-bond acceptors (Lipinski definition) is 3. The van der Waals surface area contributed by atoms with Crippen LogP contribution in [0.3, 0.4) is 0 Å². The van der Waals surface area contributed by atoms with Gasteiger partial charge in [-0.15, -0.1) is 0 Å². The molecule has 1 aliphatic carbocycles. The molecule has 3 heteroatoms. The lowest BCUT2D eigenvalue weighted by molar-refractivity contribution is 0.0378. The van der Waals surface area contributed by atoms with Gasteiger partial charge in [0, 0.05) is 11.7 Å². The SMILES string of the molecule is CC(C)OC(=O)c1ccc(NC2CCCC(C)(C)C2)cc1. The number of anilines is 1. The van der Waals surface area contributed by atoms with Gasteiger partial charge in [-0.05, 0) is 62.8 Å². The number of carbonyl (C=O) groups excluding carboxylic acids is 1. The standard InChI is InChI=1S/C18H27NO2/c1-13(2)21-17(20)14-7-9-15(10-8-14)19-16-6-5-11-18(3,4)12-16/h7-10,13,16,19H,5-6,11-12H2,1-4H3. The summed E-state index contributed by atoms with van der Waals surface area (Å²) in [6.45, 7) is 8.40. The molecule has 116 valence electrons. The van der Waals surface area contributed by atoms with Crippen LogP contribution in [0.15, 0.2) is 24.3 Å². The van der Waals surface area contributed by atoms with Crippen LogP contribution in [0.2, 0.25) is 0 Å². The lowest BCUT2D eigenvalue weighted by atomic mass is 9.75. The van der Waals surface area contributed by atoms with Crippen molar-refractivity contribution in [1.82, 2.24) is 0 Å². The van der Waals surface area contributed by atoms with Gasteiger partial charge in [0.25, 0.3) is 0 Å². The Labute approximate surface area is 128 Å². The van der Waals surface area contributed by atoms with Crippen molar-refractivity contribution in [3.63, 3.8) is 0 Å². The highest BCUT2D eigenvalue weighted by Gasteiger charge is 2.27. The molecule has 1 N–H and O–H groups in total. The summed E-state index contributed by atoms with van der Waals surface area (Å²) >= 11 is 0. The van der Waals surface area contributed by atoms with E-state index in [9.17, 15) is 4.79 Å². The lowest BCUT2D eigenvalue weighted by Gasteiger charge is -2.36. The molecule has 0 aromatic heterocycles. The molecule has 0 saturated heterocycles. The van der Waals surface area contributed by atoms with E-state index in [1.807, 2.05) is 38.1 Å². The number of rotatable bonds is 4. The van der Waals surface area contributed by atoms with Crippen molar-refractivity contribution in [3.05, 3.63) is 29.8 Å². The second-order valence-electron chi connectivity index (χ2n) is 7.13. The molecule has 0 heterocycles. The van der Waals surface area contributed by atoms with Crippen LogP contribution in [0.4, 0.5) is 5.69 Å². The fraction of sp³-hybridized carbons (Fsp3) is 0.611. The maximum absolute atomic E-state index is 11.8. The second kappa shape index (κ2) is 6.50. The average Bonchev–Trinajstić information content (AvgIpc) is 2.37. The third kappa shape index (κ3) is 4.76. The topological polar surface area (TPSA) is 38.3 Å². The second-order valence-corrected chi connectivity index (χ2v) is 7.13. The van der Waals surface area contributed by atoms with Gasteiger partial charge in [0.05, 0.1) is 11.7 Å². The van der Waals surface area contributed by atoms with Crippen molar-refractivity contribution < 1.29 is 9.53 Å². The zero-order valence-electron chi connectivity index (χ0n) is 13.6. The summed E-state index contributed by atoms with van der Waals surface area (Å²) in [6, 6.07) is 8.14. The number of ether oxygens (including phenoxy) is 1. The number of carbonyl (C=O) groups is 1. The van der Waals surface area contributed by atoms with Crippen molar-refractivity contribution in [1.29, 1.82) is 0 Å². The normalized spacial score (nSPS) is 21.1. The molecule has 0 bridgehead atoms. The first-order valence-electron chi connectivity index (χ1n) is 7.93. The molecule has 1 fully saturated rings. The summed E-state index contributed by atoms with van der Waals surface area (Å²) < 4.78 is 5.19. The molecule has 1 aromatic carbocycles. The average molecular weight is 289 g/mol. The Balaban J connectivity index is 1.95. The number of benzene rings is 1. The van der Waals surface area contributed by atoms with Crippen molar-refractivity contribution in [2.24, 2.45) is 5.41 Å². The fourth-order valence-corrected chi connectivity index (χ4v) is 3.04. The molecule has 1 aromatic rings. The van der Waals surface area contributed by atoms with E-state index in [1.54, 1.807) is 0 Å². The molecular formula is C18H27NO2. The van der Waals surface area contributed by atoms with Gasteiger partial charge < -0.3 is 10.1 Å².